The van der Waals surface area contributed by atoms with Crippen LogP contribution in [0.25, 0.3) is 0 Å². The molecule has 6 heteroatoms. The van der Waals surface area contributed by atoms with Crippen molar-refractivity contribution >= 4 is 51.9 Å². The van der Waals surface area contributed by atoms with Crippen molar-refractivity contribution in [1.29, 1.82) is 0 Å². The van der Waals surface area contributed by atoms with Gasteiger partial charge in [0.1, 0.15) is 6.61 Å². The Balaban J connectivity index is 3.46. The van der Waals surface area contributed by atoms with Gasteiger partial charge >= 0.3 is 5.30 Å². The summed E-state index contributed by atoms with van der Waals surface area (Å²) in [6.07, 6.45) is 0. The Morgan fingerprint density at radius 1 is 1.55 bits per heavy atom. The van der Waals surface area contributed by atoms with Gasteiger partial charge in [0.25, 0.3) is 0 Å². The number of halogens is 3. The molecule has 0 bridgehead atoms. The lowest BCUT2D eigenvalue weighted by atomic mass is 10.8. The number of carbonyl (C=O) groups excluding carboxylic acids is 1. The molecule has 0 fully saturated rings. The molecule has 0 spiro atoms. The second-order valence-corrected chi connectivity index (χ2v) is 5.30. The molecular formula is C5H7Cl3O2S. The van der Waals surface area contributed by atoms with E-state index in [1.165, 1.54) is 0 Å². The van der Waals surface area contributed by atoms with Crippen LogP contribution in [0, 0.1) is 0 Å². The number of rotatable bonds is 2. The number of hydrogen-bond donors (Lipinski definition) is 0. The Bertz CT molecular complexity index is 134. The fourth-order valence-electron chi connectivity index (χ4n) is 0.300. The summed E-state index contributed by atoms with van der Waals surface area (Å²) in [6.45, 7) is 1.63. The topological polar surface area (TPSA) is 26.3 Å². The molecule has 0 aromatic heterocycles. The summed E-state index contributed by atoms with van der Waals surface area (Å²) in [6, 6.07) is 0. The first kappa shape index (κ1) is 11.7. The van der Waals surface area contributed by atoms with Gasteiger partial charge in [-0.25, -0.2) is 4.79 Å². The van der Waals surface area contributed by atoms with Gasteiger partial charge in [0.15, 0.2) is 0 Å². The van der Waals surface area contributed by atoms with Crippen molar-refractivity contribution < 1.29 is 9.53 Å². The van der Waals surface area contributed by atoms with Gasteiger partial charge in [-0.3, -0.25) is 0 Å². The fraction of sp³-hybridized carbons (Fsp3) is 0.800. The van der Waals surface area contributed by atoms with E-state index >= 15 is 0 Å². The predicted octanol–water partition coefficient (Wildman–Crippen LogP) is 3.25. The molecule has 66 valence electrons. The van der Waals surface area contributed by atoms with Crippen LogP contribution in [0.2, 0.25) is 0 Å². The standard InChI is InChI=1S/C5H7Cl3O2S/c1-2-11-4(9)10-3-5(6,7)8/h2-3H2,1H3. The summed E-state index contributed by atoms with van der Waals surface area (Å²) in [5.74, 6) is 0.651. The van der Waals surface area contributed by atoms with Gasteiger partial charge in [0, 0.05) is 5.75 Å². The zero-order chi connectivity index (χ0) is 8.91. The van der Waals surface area contributed by atoms with Gasteiger partial charge in [-0.15, -0.1) is 0 Å². The Morgan fingerprint density at radius 3 is 2.45 bits per heavy atom. The number of thioether (sulfide) groups is 1. The van der Waals surface area contributed by atoms with Crippen LogP contribution in [-0.4, -0.2) is 21.5 Å². The molecule has 0 aliphatic carbocycles. The third-order valence-electron chi connectivity index (χ3n) is 0.616. The lowest BCUT2D eigenvalue weighted by molar-refractivity contribution is 0.177. The summed E-state index contributed by atoms with van der Waals surface area (Å²) in [5.41, 5.74) is 0. The minimum atomic E-state index is -1.51. The van der Waals surface area contributed by atoms with E-state index in [-0.39, 0.29) is 6.61 Å². The Kier molecular flexibility index (Phi) is 5.69. The minimum absolute atomic E-state index is 0.205. The van der Waals surface area contributed by atoms with Crippen LogP contribution in [0.15, 0.2) is 0 Å². The number of carbonyl (C=O) groups is 1. The molecule has 0 rings (SSSR count). The summed E-state index contributed by atoms with van der Waals surface area (Å²) in [7, 11) is 0. The van der Waals surface area contributed by atoms with Crippen LogP contribution in [0.3, 0.4) is 0 Å². The molecule has 0 radical (unpaired) electrons. The molecule has 0 saturated heterocycles. The minimum Gasteiger partial charge on any atom is -0.453 e. The first-order valence-corrected chi connectivity index (χ1v) is 4.94. The zero-order valence-corrected chi connectivity index (χ0v) is 8.86. The van der Waals surface area contributed by atoms with Crippen LogP contribution < -0.4 is 0 Å². The monoisotopic (exact) mass is 236 g/mol. The zero-order valence-electron chi connectivity index (χ0n) is 5.77. The van der Waals surface area contributed by atoms with Crippen LogP contribution in [0.1, 0.15) is 6.92 Å². The second kappa shape index (κ2) is 5.36. The molecule has 0 atom stereocenters. The van der Waals surface area contributed by atoms with Gasteiger partial charge in [0.2, 0.25) is 3.79 Å². The third-order valence-corrected chi connectivity index (χ3v) is 1.59. The maximum absolute atomic E-state index is 10.7. The van der Waals surface area contributed by atoms with Gasteiger partial charge in [-0.05, 0) is 11.8 Å². The van der Waals surface area contributed by atoms with Crippen molar-refractivity contribution in [2.45, 2.75) is 10.7 Å². The molecule has 0 amide bonds. The quantitative estimate of drug-likeness (QED) is 0.545. The van der Waals surface area contributed by atoms with Crippen molar-refractivity contribution in [3.63, 3.8) is 0 Å². The Hall–Kier alpha value is 0.690. The van der Waals surface area contributed by atoms with Crippen molar-refractivity contribution in [2.24, 2.45) is 0 Å². The lowest BCUT2D eigenvalue weighted by Gasteiger charge is -2.09. The van der Waals surface area contributed by atoms with E-state index in [1.54, 1.807) is 0 Å². The molecule has 0 unspecified atom stereocenters. The summed E-state index contributed by atoms with van der Waals surface area (Å²) in [4.78, 5) is 10.7. The lowest BCUT2D eigenvalue weighted by Crippen LogP contribution is -2.14. The smallest absolute Gasteiger partial charge is 0.367 e. The van der Waals surface area contributed by atoms with E-state index in [9.17, 15) is 4.79 Å². The average Bonchev–Trinajstić information content (AvgIpc) is 1.83. The average molecular weight is 238 g/mol. The van der Waals surface area contributed by atoms with Gasteiger partial charge in [0.05, 0.1) is 0 Å². The molecule has 0 aliphatic heterocycles. The van der Waals surface area contributed by atoms with Gasteiger partial charge in [-0.1, -0.05) is 41.7 Å². The van der Waals surface area contributed by atoms with Gasteiger partial charge < -0.3 is 4.74 Å². The van der Waals surface area contributed by atoms with Crippen molar-refractivity contribution in [3.8, 4) is 0 Å². The molecule has 0 N–H and O–H groups in total. The number of hydrogen-bond acceptors (Lipinski definition) is 3. The molecule has 0 heterocycles. The van der Waals surface area contributed by atoms with E-state index in [1.807, 2.05) is 6.92 Å². The highest BCUT2D eigenvalue weighted by Crippen LogP contribution is 2.26. The maximum Gasteiger partial charge on any atom is 0.367 e. The van der Waals surface area contributed by atoms with E-state index < -0.39 is 9.09 Å². The molecular weight excluding hydrogens is 230 g/mol. The fourth-order valence-corrected chi connectivity index (χ4v) is 0.842. The van der Waals surface area contributed by atoms with Crippen LogP contribution in [0.5, 0.6) is 0 Å². The molecule has 11 heavy (non-hydrogen) atoms. The predicted molar refractivity (Wildman–Crippen MR) is 49.8 cm³/mol. The Morgan fingerprint density at radius 2 is 2.09 bits per heavy atom. The van der Waals surface area contributed by atoms with E-state index in [2.05, 4.69) is 4.74 Å². The summed E-state index contributed by atoms with van der Waals surface area (Å²) < 4.78 is 3.07. The first-order valence-electron chi connectivity index (χ1n) is 2.82. The molecule has 0 saturated carbocycles. The highest BCUT2D eigenvalue weighted by molar-refractivity contribution is 8.13. The van der Waals surface area contributed by atoms with Gasteiger partial charge in [-0.2, -0.15) is 0 Å². The summed E-state index contributed by atoms with van der Waals surface area (Å²) >= 11 is 17.0. The maximum atomic E-state index is 10.7. The third kappa shape index (κ3) is 8.60. The molecule has 0 aromatic rings. The van der Waals surface area contributed by atoms with Crippen LogP contribution >= 0.6 is 46.6 Å². The Labute approximate surface area is 84.5 Å². The molecule has 0 aromatic carbocycles. The van der Waals surface area contributed by atoms with E-state index in [4.69, 9.17) is 34.8 Å². The second-order valence-electron chi connectivity index (χ2n) is 1.59. The number of ether oxygens (including phenoxy) is 1. The van der Waals surface area contributed by atoms with E-state index in [0.717, 1.165) is 11.8 Å². The van der Waals surface area contributed by atoms with Crippen LogP contribution in [-0.2, 0) is 4.74 Å². The SMILES string of the molecule is CCSC(=O)OCC(Cl)(Cl)Cl. The van der Waals surface area contributed by atoms with Crippen molar-refractivity contribution in [2.75, 3.05) is 12.4 Å². The summed E-state index contributed by atoms with van der Waals surface area (Å²) in [5, 5.41) is -0.418. The van der Waals surface area contributed by atoms with E-state index in [0.29, 0.717) is 5.75 Å². The number of alkyl halides is 3. The molecule has 2 nitrogen and oxygen atoms in total. The van der Waals surface area contributed by atoms with Crippen molar-refractivity contribution in [3.05, 3.63) is 0 Å². The first-order chi connectivity index (χ1) is 4.95. The highest BCUT2D eigenvalue weighted by Gasteiger charge is 2.21. The normalized spacial score (nSPS) is 11.3. The van der Waals surface area contributed by atoms with Crippen molar-refractivity contribution in [1.82, 2.24) is 0 Å². The highest BCUT2D eigenvalue weighted by atomic mass is 35.6. The molecule has 0 aliphatic rings. The van der Waals surface area contributed by atoms with Crippen LogP contribution in [0.4, 0.5) is 4.79 Å². The largest absolute Gasteiger partial charge is 0.453 e.